The second-order valence-electron chi connectivity index (χ2n) is 10.3. The van der Waals surface area contributed by atoms with E-state index in [1.165, 1.54) is 25.3 Å². The van der Waals surface area contributed by atoms with Gasteiger partial charge in [0, 0.05) is 24.8 Å². The molecule has 0 aromatic carbocycles. The number of hydrogen-bond acceptors (Lipinski definition) is 8. The topological polar surface area (TPSA) is 103 Å². The third-order valence-electron chi connectivity index (χ3n) is 7.51. The van der Waals surface area contributed by atoms with Crippen molar-refractivity contribution in [2.45, 2.75) is 44.1 Å². The van der Waals surface area contributed by atoms with Crippen molar-refractivity contribution in [2.75, 3.05) is 32.9 Å². The van der Waals surface area contributed by atoms with Crippen LogP contribution in [0.1, 0.15) is 30.8 Å². The van der Waals surface area contributed by atoms with Gasteiger partial charge >= 0.3 is 0 Å². The zero-order chi connectivity index (χ0) is 27.3. The summed E-state index contributed by atoms with van der Waals surface area (Å²) in [7, 11) is 0. The quantitative estimate of drug-likeness (QED) is 0.368. The molecule has 2 fully saturated rings. The van der Waals surface area contributed by atoms with Crippen molar-refractivity contribution in [1.82, 2.24) is 34.5 Å². The van der Waals surface area contributed by atoms with Gasteiger partial charge in [-0.2, -0.15) is 5.10 Å². The fourth-order valence-electron chi connectivity index (χ4n) is 5.15. The van der Waals surface area contributed by atoms with Crippen LogP contribution >= 0.6 is 11.6 Å². The fraction of sp³-hybridized carbons (Fsp3) is 0.462. The average Bonchev–Trinajstić information content (AvgIpc) is 3.44. The smallest absolute Gasteiger partial charge is 0.147 e. The number of fused-ring (bicyclic) bond motifs is 1. The summed E-state index contributed by atoms with van der Waals surface area (Å²) >= 11 is 6.40. The standard InChI is InChI=1S/C26H28ClF2N7O3/c1-15-24(32-33-36(15)21-5-6-34(11-20(21)29)18-12-38-13-18)16-7-22(25-19(27)9-31-35(25)10-16)39-14-26(2,37)23-4-3-17(28)8-30-23/h3-4,7-10,18,20-21,37H,5-6,11-14H2,1-2H3/t20-,21-,26-/m0/s1. The Bertz CT molecular complexity index is 1490. The van der Waals surface area contributed by atoms with E-state index in [0.717, 1.165) is 12.7 Å². The summed E-state index contributed by atoms with van der Waals surface area (Å²) in [6.07, 6.45) is 3.82. The molecular formula is C26H28ClF2N7O3. The summed E-state index contributed by atoms with van der Waals surface area (Å²) in [5, 5.41) is 24.4. The summed E-state index contributed by atoms with van der Waals surface area (Å²) in [5.74, 6) is -0.150. The van der Waals surface area contributed by atoms with Crippen LogP contribution in [0.15, 0.2) is 36.8 Å². The second kappa shape index (κ2) is 10.1. The molecule has 10 nitrogen and oxygen atoms in total. The van der Waals surface area contributed by atoms with Gasteiger partial charge in [-0.1, -0.05) is 16.8 Å². The third kappa shape index (κ3) is 4.86. The van der Waals surface area contributed by atoms with Gasteiger partial charge in [0.15, 0.2) is 0 Å². The first-order valence-electron chi connectivity index (χ1n) is 12.7. The zero-order valence-electron chi connectivity index (χ0n) is 21.5. The zero-order valence-corrected chi connectivity index (χ0v) is 22.2. The Morgan fingerprint density at radius 2 is 2.10 bits per heavy atom. The monoisotopic (exact) mass is 559 g/mol. The maximum Gasteiger partial charge on any atom is 0.147 e. The molecule has 3 atom stereocenters. The number of nitrogens with zero attached hydrogens (tertiary/aromatic N) is 7. The molecule has 0 spiro atoms. The number of aliphatic hydroxyl groups is 1. The summed E-state index contributed by atoms with van der Waals surface area (Å²) in [6.45, 7) is 5.62. The molecular weight excluding hydrogens is 532 g/mol. The van der Waals surface area contributed by atoms with Crippen LogP contribution in [-0.4, -0.2) is 84.7 Å². The highest BCUT2D eigenvalue weighted by Gasteiger charge is 2.37. The minimum Gasteiger partial charge on any atom is -0.488 e. The molecule has 0 unspecified atom stereocenters. The third-order valence-corrected chi connectivity index (χ3v) is 7.79. The average molecular weight is 560 g/mol. The lowest BCUT2D eigenvalue weighted by Gasteiger charge is -2.42. The molecule has 6 heterocycles. The second-order valence-corrected chi connectivity index (χ2v) is 10.7. The van der Waals surface area contributed by atoms with Crippen molar-refractivity contribution in [3.63, 3.8) is 0 Å². The molecule has 2 saturated heterocycles. The van der Waals surface area contributed by atoms with Crippen LogP contribution in [0, 0.1) is 12.7 Å². The molecule has 0 amide bonds. The number of aromatic nitrogens is 6. The molecule has 0 saturated carbocycles. The Labute approximate surface area is 228 Å². The number of rotatable bonds is 7. The van der Waals surface area contributed by atoms with Gasteiger partial charge in [-0.3, -0.25) is 9.88 Å². The molecule has 0 radical (unpaired) electrons. The Hall–Kier alpha value is -3.19. The normalized spacial score (nSPS) is 22.1. The van der Waals surface area contributed by atoms with E-state index in [2.05, 4.69) is 25.3 Å². The van der Waals surface area contributed by atoms with Gasteiger partial charge in [0.2, 0.25) is 0 Å². The first kappa shape index (κ1) is 26.1. The van der Waals surface area contributed by atoms with Gasteiger partial charge in [-0.15, -0.1) is 5.10 Å². The molecule has 2 aliphatic heterocycles. The minimum absolute atomic E-state index is 0.188. The van der Waals surface area contributed by atoms with Crippen molar-refractivity contribution in [3.8, 4) is 17.0 Å². The molecule has 0 bridgehead atoms. The van der Waals surface area contributed by atoms with Crippen molar-refractivity contribution in [2.24, 2.45) is 0 Å². The van der Waals surface area contributed by atoms with Crippen LogP contribution in [0.2, 0.25) is 5.02 Å². The van der Waals surface area contributed by atoms with Crippen LogP contribution < -0.4 is 4.74 Å². The first-order valence-corrected chi connectivity index (χ1v) is 13.1. The van der Waals surface area contributed by atoms with Crippen LogP contribution in [-0.2, 0) is 10.3 Å². The van der Waals surface area contributed by atoms with Gasteiger partial charge < -0.3 is 14.6 Å². The van der Waals surface area contributed by atoms with Gasteiger partial charge in [0.05, 0.1) is 54.1 Å². The number of ether oxygens (including phenoxy) is 2. The van der Waals surface area contributed by atoms with Crippen LogP contribution in [0.25, 0.3) is 16.8 Å². The highest BCUT2D eigenvalue weighted by Crippen LogP contribution is 2.35. The van der Waals surface area contributed by atoms with Crippen molar-refractivity contribution >= 4 is 17.1 Å². The number of piperidine rings is 1. The lowest BCUT2D eigenvalue weighted by atomic mass is 10.00. The molecule has 39 heavy (non-hydrogen) atoms. The van der Waals surface area contributed by atoms with Crippen molar-refractivity contribution in [1.29, 1.82) is 0 Å². The van der Waals surface area contributed by atoms with Crippen LogP contribution in [0.4, 0.5) is 8.78 Å². The van der Waals surface area contributed by atoms with E-state index in [4.69, 9.17) is 21.1 Å². The maximum atomic E-state index is 15.3. The van der Waals surface area contributed by atoms with Crippen molar-refractivity contribution < 1.29 is 23.4 Å². The van der Waals surface area contributed by atoms with E-state index < -0.39 is 23.6 Å². The number of alkyl halides is 1. The fourth-order valence-corrected chi connectivity index (χ4v) is 5.38. The van der Waals surface area contributed by atoms with E-state index >= 15 is 4.39 Å². The molecule has 1 N–H and O–H groups in total. The molecule has 0 aliphatic carbocycles. The summed E-state index contributed by atoms with van der Waals surface area (Å²) in [6, 6.07) is 4.25. The molecule has 4 aromatic rings. The van der Waals surface area contributed by atoms with E-state index in [9.17, 15) is 9.50 Å². The molecule has 206 valence electrons. The Kier molecular flexibility index (Phi) is 6.74. The van der Waals surface area contributed by atoms with E-state index in [0.29, 0.717) is 65.5 Å². The number of hydrogen-bond donors (Lipinski definition) is 1. The Morgan fingerprint density at radius 3 is 2.79 bits per heavy atom. The van der Waals surface area contributed by atoms with Gasteiger partial charge in [0.1, 0.15) is 41.2 Å². The van der Waals surface area contributed by atoms with Gasteiger partial charge in [-0.25, -0.2) is 18.0 Å². The highest BCUT2D eigenvalue weighted by molar-refractivity contribution is 6.34. The maximum absolute atomic E-state index is 15.3. The molecule has 4 aromatic heterocycles. The molecule has 2 aliphatic rings. The highest BCUT2D eigenvalue weighted by atomic mass is 35.5. The predicted molar refractivity (Wildman–Crippen MR) is 138 cm³/mol. The Morgan fingerprint density at radius 1 is 1.28 bits per heavy atom. The van der Waals surface area contributed by atoms with E-state index in [-0.39, 0.29) is 12.3 Å². The summed E-state index contributed by atoms with van der Waals surface area (Å²) in [5.41, 5.74) is 1.16. The van der Waals surface area contributed by atoms with Crippen LogP contribution in [0.3, 0.4) is 0 Å². The van der Waals surface area contributed by atoms with Crippen LogP contribution in [0.5, 0.6) is 5.75 Å². The van der Waals surface area contributed by atoms with E-state index in [1.807, 2.05) is 6.92 Å². The number of likely N-dealkylation sites (tertiary alicyclic amines) is 1. The minimum atomic E-state index is -1.51. The predicted octanol–water partition coefficient (Wildman–Crippen LogP) is 3.36. The van der Waals surface area contributed by atoms with Crippen molar-refractivity contribution in [3.05, 3.63) is 59.0 Å². The molecule has 6 rings (SSSR count). The summed E-state index contributed by atoms with van der Waals surface area (Å²) < 4.78 is 43.1. The van der Waals surface area contributed by atoms with E-state index in [1.54, 1.807) is 21.5 Å². The molecule has 13 heteroatoms. The number of halogens is 3. The van der Waals surface area contributed by atoms with Gasteiger partial charge in [-0.05, 0) is 38.5 Å². The van der Waals surface area contributed by atoms with Gasteiger partial charge in [0.25, 0.3) is 0 Å². The lowest BCUT2D eigenvalue weighted by molar-refractivity contribution is -0.0849. The summed E-state index contributed by atoms with van der Waals surface area (Å²) in [4.78, 5) is 6.12. The largest absolute Gasteiger partial charge is 0.488 e. The lowest BCUT2D eigenvalue weighted by Crippen LogP contribution is -2.55. The SMILES string of the molecule is Cc1c(-c2cc(OC[C@](C)(O)c3ccc(F)cn3)c3c(Cl)cnn3c2)nnn1[C@H]1CCN(C2COC2)C[C@@H]1F. The first-order chi connectivity index (χ1) is 18.7. The number of pyridine rings is 2. The Balaban J connectivity index is 1.27.